The summed E-state index contributed by atoms with van der Waals surface area (Å²) in [6.45, 7) is 5.81. The quantitative estimate of drug-likeness (QED) is 0.728. The van der Waals surface area contributed by atoms with Gasteiger partial charge in [0.05, 0.1) is 6.33 Å². The Bertz CT molecular complexity index is 511. The van der Waals surface area contributed by atoms with Crippen molar-refractivity contribution in [3.05, 3.63) is 54.1 Å². The number of imidazole rings is 1. The van der Waals surface area contributed by atoms with Gasteiger partial charge in [-0.2, -0.15) is 0 Å². The molecule has 0 radical (unpaired) electrons. The van der Waals surface area contributed by atoms with Gasteiger partial charge < -0.3 is 4.57 Å². The van der Waals surface area contributed by atoms with E-state index in [-0.39, 0.29) is 0 Å². The lowest BCUT2D eigenvalue weighted by molar-refractivity contribution is 0.234. The van der Waals surface area contributed by atoms with E-state index < -0.39 is 0 Å². The first-order valence-corrected chi connectivity index (χ1v) is 6.23. The molecule has 0 spiro atoms. The predicted molar refractivity (Wildman–Crippen MR) is 68.9 cm³/mol. The van der Waals surface area contributed by atoms with Gasteiger partial charge in [0.25, 0.3) is 0 Å². The van der Waals surface area contributed by atoms with Gasteiger partial charge in [0.2, 0.25) is 0 Å². The van der Waals surface area contributed by atoms with Crippen LogP contribution in [0.2, 0.25) is 0 Å². The van der Waals surface area contributed by atoms with Gasteiger partial charge in [0.1, 0.15) is 0 Å². The standard InChI is InChI=1S/C15H18N2/c1-15(2)8-9-17-11-16-10-13(17)14(15)12-6-4-3-5-7-12/h3-7,10-11,14H,8-9H2,1-2H3. The Morgan fingerprint density at radius 3 is 2.76 bits per heavy atom. The molecule has 1 atom stereocenters. The van der Waals surface area contributed by atoms with Crippen LogP contribution in [0.15, 0.2) is 42.9 Å². The monoisotopic (exact) mass is 226 g/mol. The van der Waals surface area contributed by atoms with Crippen LogP contribution in [0.4, 0.5) is 0 Å². The van der Waals surface area contributed by atoms with Gasteiger partial charge >= 0.3 is 0 Å². The van der Waals surface area contributed by atoms with Crippen LogP contribution in [-0.2, 0) is 6.54 Å². The van der Waals surface area contributed by atoms with E-state index in [1.807, 2.05) is 12.5 Å². The molecule has 0 saturated heterocycles. The normalized spacial score (nSPS) is 22.1. The number of aromatic nitrogens is 2. The summed E-state index contributed by atoms with van der Waals surface area (Å²) in [6.07, 6.45) is 5.19. The minimum Gasteiger partial charge on any atom is -0.334 e. The minimum absolute atomic E-state index is 0.303. The fourth-order valence-corrected chi connectivity index (χ4v) is 2.98. The summed E-state index contributed by atoms with van der Waals surface area (Å²) in [6, 6.07) is 10.8. The third-order valence-corrected chi connectivity index (χ3v) is 3.95. The SMILES string of the molecule is CC1(C)CCn2cncc2C1c1ccccc1. The molecule has 3 rings (SSSR count). The largest absolute Gasteiger partial charge is 0.334 e. The van der Waals surface area contributed by atoms with Crippen LogP contribution in [0.1, 0.15) is 37.4 Å². The molecular formula is C15H18N2. The molecule has 17 heavy (non-hydrogen) atoms. The van der Waals surface area contributed by atoms with E-state index in [0.29, 0.717) is 11.3 Å². The van der Waals surface area contributed by atoms with Gasteiger partial charge in [-0.25, -0.2) is 4.98 Å². The van der Waals surface area contributed by atoms with E-state index in [1.54, 1.807) is 0 Å². The molecule has 1 unspecified atom stereocenters. The topological polar surface area (TPSA) is 17.8 Å². The van der Waals surface area contributed by atoms with Crippen molar-refractivity contribution in [2.75, 3.05) is 0 Å². The smallest absolute Gasteiger partial charge is 0.0948 e. The lowest BCUT2D eigenvalue weighted by Gasteiger charge is -2.39. The lowest BCUT2D eigenvalue weighted by Crippen LogP contribution is -2.31. The van der Waals surface area contributed by atoms with Crippen LogP contribution in [-0.4, -0.2) is 9.55 Å². The Morgan fingerprint density at radius 2 is 2.00 bits per heavy atom. The highest BCUT2D eigenvalue weighted by molar-refractivity contribution is 5.31. The van der Waals surface area contributed by atoms with Gasteiger partial charge in [0.15, 0.2) is 0 Å². The van der Waals surface area contributed by atoms with Crippen LogP contribution < -0.4 is 0 Å². The molecule has 0 bridgehead atoms. The summed E-state index contributed by atoms with van der Waals surface area (Å²) in [5.74, 6) is 0.458. The Kier molecular flexibility index (Phi) is 2.32. The molecule has 0 amide bonds. The van der Waals surface area contributed by atoms with Crippen LogP contribution in [0.3, 0.4) is 0 Å². The third kappa shape index (κ3) is 1.68. The highest BCUT2D eigenvalue weighted by Crippen LogP contribution is 2.46. The average Bonchev–Trinajstić information content (AvgIpc) is 2.77. The van der Waals surface area contributed by atoms with Crippen LogP contribution in [0.25, 0.3) is 0 Å². The van der Waals surface area contributed by atoms with Gasteiger partial charge in [-0.3, -0.25) is 0 Å². The summed E-state index contributed by atoms with van der Waals surface area (Å²) in [4.78, 5) is 4.31. The second-order valence-electron chi connectivity index (χ2n) is 5.59. The Morgan fingerprint density at radius 1 is 1.24 bits per heavy atom. The van der Waals surface area contributed by atoms with Crippen molar-refractivity contribution in [2.45, 2.75) is 32.7 Å². The second-order valence-corrected chi connectivity index (χ2v) is 5.59. The van der Waals surface area contributed by atoms with Crippen molar-refractivity contribution < 1.29 is 0 Å². The van der Waals surface area contributed by atoms with Gasteiger partial charge in [-0.15, -0.1) is 0 Å². The zero-order chi connectivity index (χ0) is 11.9. The zero-order valence-electron chi connectivity index (χ0n) is 10.4. The molecule has 88 valence electrons. The van der Waals surface area contributed by atoms with Crippen molar-refractivity contribution in [1.82, 2.24) is 9.55 Å². The number of hydrogen-bond donors (Lipinski definition) is 0. The maximum absolute atomic E-state index is 4.31. The molecule has 2 heterocycles. The number of hydrogen-bond acceptors (Lipinski definition) is 1. The van der Waals surface area contributed by atoms with Crippen LogP contribution in [0.5, 0.6) is 0 Å². The highest BCUT2D eigenvalue weighted by atomic mass is 15.1. The van der Waals surface area contributed by atoms with Gasteiger partial charge in [-0.1, -0.05) is 44.2 Å². The third-order valence-electron chi connectivity index (χ3n) is 3.95. The van der Waals surface area contributed by atoms with Crippen molar-refractivity contribution >= 4 is 0 Å². The molecule has 1 aromatic heterocycles. The van der Waals surface area contributed by atoms with Crippen LogP contribution >= 0.6 is 0 Å². The van der Waals surface area contributed by atoms with Crippen molar-refractivity contribution in [3.63, 3.8) is 0 Å². The maximum atomic E-state index is 4.31. The zero-order valence-corrected chi connectivity index (χ0v) is 10.4. The van der Waals surface area contributed by atoms with E-state index in [0.717, 1.165) is 6.54 Å². The van der Waals surface area contributed by atoms with Gasteiger partial charge in [-0.05, 0) is 17.4 Å². The number of fused-ring (bicyclic) bond motifs is 1. The fraction of sp³-hybridized carbons (Fsp3) is 0.400. The summed E-state index contributed by atoms with van der Waals surface area (Å²) >= 11 is 0. The summed E-state index contributed by atoms with van der Waals surface area (Å²) in [5.41, 5.74) is 3.06. The van der Waals surface area contributed by atoms with E-state index in [1.165, 1.54) is 17.7 Å². The molecule has 0 aliphatic carbocycles. The number of rotatable bonds is 1. The number of benzene rings is 1. The molecule has 1 aliphatic heterocycles. The minimum atomic E-state index is 0.303. The predicted octanol–water partition coefficient (Wildman–Crippen LogP) is 3.44. The van der Waals surface area contributed by atoms with E-state index in [2.05, 4.69) is 53.7 Å². The summed E-state index contributed by atoms with van der Waals surface area (Å²) < 4.78 is 2.29. The van der Waals surface area contributed by atoms with Crippen molar-refractivity contribution in [1.29, 1.82) is 0 Å². The molecular weight excluding hydrogens is 208 g/mol. The number of nitrogens with zero attached hydrogens (tertiary/aromatic N) is 2. The molecule has 0 fully saturated rings. The van der Waals surface area contributed by atoms with Crippen molar-refractivity contribution in [3.8, 4) is 0 Å². The average molecular weight is 226 g/mol. The Balaban J connectivity index is 2.13. The van der Waals surface area contributed by atoms with Crippen molar-refractivity contribution in [2.24, 2.45) is 5.41 Å². The fourth-order valence-electron chi connectivity index (χ4n) is 2.98. The van der Waals surface area contributed by atoms with Crippen LogP contribution in [0, 0.1) is 5.41 Å². The number of aryl methyl sites for hydroxylation is 1. The Hall–Kier alpha value is -1.57. The molecule has 1 aliphatic rings. The summed E-state index contributed by atoms with van der Waals surface area (Å²) in [5, 5.41) is 0. The summed E-state index contributed by atoms with van der Waals surface area (Å²) in [7, 11) is 0. The molecule has 2 heteroatoms. The van der Waals surface area contributed by atoms with E-state index in [4.69, 9.17) is 0 Å². The molecule has 1 aromatic carbocycles. The molecule has 2 nitrogen and oxygen atoms in total. The highest BCUT2D eigenvalue weighted by Gasteiger charge is 2.37. The van der Waals surface area contributed by atoms with E-state index in [9.17, 15) is 0 Å². The van der Waals surface area contributed by atoms with Gasteiger partial charge in [0, 0.05) is 24.4 Å². The molecule has 2 aromatic rings. The lowest BCUT2D eigenvalue weighted by atomic mass is 9.69. The first-order chi connectivity index (χ1) is 8.18. The molecule has 0 N–H and O–H groups in total. The Labute approximate surface area is 102 Å². The second kappa shape index (κ2) is 3.73. The molecule has 0 saturated carbocycles. The maximum Gasteiger partial charge on any atom is 0.0948 e. The van der Waals surface area contributed by atoms with E-state index >= 15 is 0 Å². The first-order valence-electron chi connectivity index (χ1n) is 6.23. The first kappa shape index (κ1) is 10.6.